The van der Waals surface area contributed by atoms with Gasteiger partial charge in [-0.3, -0.25) is 19.2 Å². The number of hydrogen-bond donors (Lipinski definition) is 5. The van der Waals surface area contributed by atoms with E-state index < -0.39 is 18.6 Å². The molecule has 3 fully saturated rings. The second kappa shape index (κ2) is 17.8. The number of carbonyl (C=O) groups is 4. The number of ether oxygens (including phenoxy) is 1. The molecule has 7 rings (SSSR count). The van der Waals surface area contributed by atoms with E-state index in [-0.39, 0.29) is 52.6 Å². The number of piperazine rings is 1. The Hall–Kier alpha value is -6.05. The van der Waals surface area contributed by atoms with Crippen LogP contribution in [0.4, 0.5) is 24.8 Å². The van der Waals surface area contributed by atoms with Crippen molar-refractivity contribution in [2.45, 2.75) is 56.5 Å². The molecule has 304 valence electrons. The number of rotatable bonds is 10. The van der Waals surface area contributed by atoms with Gasteiger partial charge in [-0.2, -0.15) is 13.2 Å². The van der Waals surface area contributed by atoms with Crippen LogP contribution in [-0.2, 0) is 14.3 Å². The van der Waals surface area contributed by atoms with Gasteiger partial charge in [-0.05, 0) is 31.4 Å². The van der Waals surface area contributed by atoms with Gasteiger partial charge in [0.2, 0.25) is 11.8 Å². The number of H-pyrrole nitrogens is 2. The van der Waals surface area contributed by atoms with Crippen LogP contribution in [0.15, 0.2) is 50.1 Å². The number of carbonyl (C=O) groups excluding carboxylic acids is 4. The molecule has 2 aliphatic heterocycles. The number of nitrogens with one attached hydrogen (secondary N) is 5. The fraction of sp³-hybridized carbons (Fsp3) is 0.459. The fourth-order valence-electron chi connectivity index (χ4n) is 7.08. The maximum atomic E-state index is 12.6. The van der Waals surface area contributed by atoms with E-state index in [1.54, 1.807) is 22.2 Å². The predicted molar refractivity (Wildman–Crippen MR) is 204 cm³/mol. The molecule has 0 radical (unpaired) electrons. The van der Waals surface area contributed by atoms with Gasteiger partial charge in [-0.15, -0.1) is 0 Å². The van der Waals surface area contributed by atoms with Crippen molar-refractivity contribution in [3.63, 3.8) is 0 Å². The number of piperidine rings is 1. The van der Waals surface area contributed by atoms with Crippen LogP contribution < -0.4 is 20.9 Å². The summed E-state index contributed by atoms with van der Waals surface area (Å²) in [6.07, 6.45) is 8.85. The molecule has 4 aromatic rings. The molecule has 1 saturated carbocycles. The topological polar surface area (TPSA) is 206 Å². The van der Waals surface area contributed by atoms with Crippen LogP contribution in [-0.4, -0.2) is 141 Å². The second-order valence-electron chi connectivity index (χ2n) is 13.9. The number of amides is 4. The molecule has 0 aromatic carbocycles. The number of nitrogens with zero attached hydrogens (tertiary/aromatic N) is 7. The Balaban J connectivity index is 0.000000194. The molecule has 17 nitrogen and oxygen atoms in total. The summed E-state index contributed by atoms with van der Waals surface area (Å²) < 4.78 is 42.6. The highest BCUT2D eigenvalue weighted by molar-refractivity contribution is 6.05. The van der Waals surface area contributed by atoms with Gasteiger partial charge in [0.05, 0.1) is 35.7 Å². The van der Waals surface area contributed by atoms with Crippen LogP contribution in [0.1, 0.15) is 52.8 Å². The lowest BCUT2D eigenvalue weighted by molar-refractivity contribution is -0.129. The molecule has 4 aromatic heterocycles. The van der Waals surface area contributed by atoms with Crippen LogP contribution in [0.3, 0.4) is 0 Å². The molecule has 1 aliphatic carbocycles. The third-order valence-electron chi connectivity index (χ3n) is 10.1. The molecule has 2 atom stereocenters. The first-order chi connectivity index (χ1) is 27.4. The van der Waals surface area contributed by atoms with Crippen molar-refractivity contribution >= 4 is 57.6 Å². The van der Waals surface area contributed by atoms with Crippen molar-refractivity contribution in [2.24, 2.45) is 0 Å². The molecule has 0 spiro atoms. The Bertz CT molecular complexity index is 2110. The summed E-state index contributed by atoms with van der Waals surface area (Å²) in [5.74, 6) is -0.173. The first kappa shape index (κ1) is 40.6. The second-order valence-corrected chi connectivity index (χ2v) is 13.9. The lowest BCUT2D eigenvalue weighted by Crippen LogP contribution is -2.52. The smallest absolute Gasteiger partial charge is 0.377 e. The van der Waals surface area contributed by atoms with Gasteiger partial charge in [-0.1, -0.05) is 26.0 Å². The molecular weight excluding hydrogens is 749 g/mol. The number of alkyl halides is 3. The number of aromatic nitrogens is 6. The average molecular weight is 795 g/mol. The quantitative estimate of drug-likeness (QED) is 0.148. The van der Waals surface area contributed by atoms with Crippen molar-refractivity contribution in [3.05, 3.63) is 61.2 Å². The summed E-state index contributed by atoms with van der Waals surface area (Å²) in [5.41, 5.74) is 2.11. The van der Waals surface area contributed by atoms with Crippen molar-refractivity contribution in [1.82, 2.24) is 50.3 Å². The van der Waals surface area contributed by atoms with Gasteiger partial charge in [0.25, 0.3) is 11.8 Å². The van der Waals surface area contributed by atoms with Crippen molar-refractivity contribution in [1.29, 1.82) is 0 Å². The monoisotopic (exact) mass is 794 g/mol. The lowest BCUT2D eigenvalue weighted by Gasteiger charge is -2.37. The maximum absolute atomic E-state index is 12.6. The van der Waals surface area contributed by atoms with E-state index in [0.29, 0.717) is 68.2 Å². The average Bonchev–Trinajstić information content (AvgIpc) is 4.00. The predicted octanol–water partition coefficient (Wildman–Crippen LogP) is 2.93. The number of likely N-dealkylation sites (tertiary alicyclic amines) is 1. The Labute approximate surface area is 325 Å². The van der Waals surface area contributed by atoms with Gasteiger partial charge in [-0.25, -0.2) is 19.9 Å². The molecule has 57 heavy (non-hydrogen) atoms. The SMILES string of the molecule is C=CC(=O)N1CCN(c2cnc3[nH]cc(C(=O)NC4CCCC4)c3n2)CC1.C=CC(=O)N1CC[C@H](Nc2cnc3[nH]cc(C(=O)NCC(F)(F)F)c3n2)[C@H](OC)C1. The molecule has 0 bridgehead atoms. The summed E-state index contributed by atoms with van der Waals surface area (Å²) in [7, 11) is 1.53. The van der Waals surface area contributed by atoms with E-state index in [9.17, 15) is 32.3 Å². The summed E-state index contributed by atoms with van der Waals surface area (Å²) in [6.45, 7) is 9.02. The van der Waals surface area contributed by atoms with E-state index in [4.69, 9.17) is 9.72 Å². The lowest BCUT2D eigenvalue weighted by atomic mass is 10.0. The number of anilines is 2. The minimum Gasteiger partial charge on any atom is -0.377 e. The van der Waals surface area contributed by atoms with Crippen LogP contribution in [0.2, 0.25) is 0 Å². The normalized spacial score (nSPS) is 18.8. The number of aromatic amines is 2. The fourth-order valence-corrected chi connectivity index (χ4v) is 7.08. The molecule has 5 N–H and O–H groups in total. The van der Waals surface area contributed by atoms with Crippen molar-refractivity contribution < 1.29 is 37.1 Å². The van der Waals surface area contributed by atoms with E-state index in [2.05, 4.69) is 53.6 Å². The van der Waals surface area contributed by atoms with Crippen LogP contribution in [0.5, 0.6) is 0 Å². The first-order valence-corrected chi connectivity index (χ1v) is 18.6. The first-order valence-electron chi connectivity index (χ1n) is 18.6. The summed E-state index contributed by atoms with van der Waals surface area (Å²) in [6, 6.07) is 0.0751. The standard InChI is InChI=1S/C19H24N6O2.C18H21F3N6O3/c1-2-16(26)25-9-7-24(8-10-25)15-12-21-18-17(23-15)14(11-20-18)19(27)22-13-5-3-4-6-13;1-3-14(28)27-5-4-11(12(8-27)30-2)25-13-7-23-16-15(26-13)10(6-22-16)17(29)24-9-18(19,20)21/h2,11-13H,1,3-10H2,(H,20,21)(H,22,27);3,6-7,11-12H,1,4-5,8-9H2,2H3,(H,22,23)(H,24,29)(H,25,26)/t;11-,12+/m.0/s1. The zero-order valence-corrected chi connectivity index (χ0v) is 31.4. The molecule has 2 saturated heterocycles. The zero-order chi connectivity index (χ0) is 40.7. The highest BCUT2D eigenvalue weighted by Gasteiger charge is 2.32. The van der Waals surface area contributed by atoms with E-state index in [0.717, 1.165) is 18.7 Å². The van der Waals surface area contributed by atoms with Gasteiger partial charge >= 0.3 is 6.18 Å². The summed E-state index contributed by atoms with van der Waals surface area (Å²) in [5, 5.41) is 8.10. The Morgan fingerprint density at radius 3 is 2.11 bits per heavy atom. The van der Waals surface area contributed by atoms with Gasteiger partial charge in [0.15, 0.2) is 11.3 Å². The van der Waals surface area contributed by atoms with E-state index in [1.807, 2.05) is 5.32 Å². The third-order valence-corrected chi connectivity index (χ3v) is 10.1. The number of methoxy groups -OCH3 is 1. The highest BCUT2D eigenvalue weighted by atomic mass is 19.4. The Morgan fingerprint density at radius 1 is 0.860 bits per heavy atom. The maximum Gasteiger partial charge on any atom is 0.405 e. The van der Waals surface area contributed by atoms with E-state index in [1.165, 1.54) is 44.5 Å². The molecule has 4 amide bonds. The minimum absolute atomic E-state index is 0.0416. The van der Waals surface area contributed by atoms with Crippen LogP contribution >= 0.6 is 0 Å². The minimum atomic E-state index is -4.52. The van der Waals surface area contributed by atoms with Gasteiger partial charge in [0.1, 0.15) is 29.2 Å². The van der Waals surface area contributed by atoms with E-state index >= 15 is 0 Å². The summed E-state index contributed by atoms with van der Waals surface area (Å²) in [4.78, 5) is 77.2. The number of halogens is 3. The molecular formula is C37H45F3N12O5. The van der Waals surface area contributed by atoms with Crippen LogP contribution in [0, 0.1) is 0 Å². The number of hydrogen-bond acceptors (Lipinski definition) is 11. The largest absolute Gasteiger partial charge is 0.405 e. The Kier molecular flexibility index (Phi) is 12.7. The van der Waals surface area contributed by atoms with Gasteiger partial charge < -0.3 is 45.4 Å². The molecule has 3 aliphatic rings. The van der Waals surface area contributed by atoms with Crippen LogP contribution in [0.25, 0.3) is 22.3 Å². The molecule has 6 heterocycles. The number of fused-ring (bicyclic) bond motifs is 2. The zero-order valence-electron chi connectivity index (χ0n) is 31.4. The molecule has 0 unspecified atom stereocenters. The summed E-state index contributed by atoms with van der Waals surface area (Å²) >= 11 is 0. The van der Waals surface area contributed by atoms with Crippen molar-refractivity contribution in [3.8, 4) is 0 Å². The van der Waals surface area contributed by atoms with Crippen molar-refractivity contribution in [2.75, 3.05) is 63.1 Å². The van der Waals surface area contributed by atoms with Gasteiger partial charge in [0, 0.05) is 64.8 Å². The third kappa shape index (κ3) is 9.86. The highest BCUT2D eigenvalue weighted by Crippen LogP contribution is 2.24. The Morgan fingerprint density at radius 2 is 1.47 bits per heavy atom. The molecule has 20 heteroatoms.